The molecule has 1 atom stereocenters. The third-order valence-electron chi connectivity index (χ3n) is 7.35. The van der Waals surface area contributed by atoms with Gasteiger partial charge in [-0.2, -0.15) is 0 Å². The number of anilines is 1. The number of aromatic nitrogens is 2. The molecule has 1 fully saturated rings. The van der Waals surface area contributed by atoms with Crippen LogP contribution in [0, 0.1) is 0 Å². The number of nitrogens with two attached hydrogens (primary N) is 2. The van der Waals surface area contributed by atoms with Crippen molar-refractivity contribution in [3.63, 3.8) is 0 Å². The van der Waals surface area contributed by atoms with Crippen LogP contribution in [-0.4, -0.2) is 50.1 Å². The lowest BCUT2D eigenvalue weighted by Gasteiger charge is -2.23. The molecular weight excluding hydrogens is 480 g/mol. The highest BCUT2D eigenvalue weighted by molar-refractivity contribution is 6.07. The van der Waals surface area contributed by atoms with E-state index in [0.29, 0.717) is 48.1 Å². The number of primary amides is 1. The number of nitrogens with zero attached hydrogens (tertiary/aromatic N) is 4. The lowest BCUT2D eigenvalue weighted by Crippen LogP contribution is -2.43. The van der Waals surface area contributed by atoms with E-state index in [4.69, 9.17) is 11.5 Å². The number of hydrogen-bond donors (Lipinski definition) is 2. The third-order valence-corrected chi connectivity index (χ3v) is 7.35. The van der Waals surface area contributed by atoms with Crippen molar-refractivity contribution in [3.05, 3.63) is 89.1 Å². The minimum Gasteiger partial charge on any atom is -0.368 e. The summed E-state index contributed by atoms with van der Waals surface area (Å²) in [7, 11) is 0. The van der Waals surface area contributed by atoms with Gasteiger partial charge in [0, 0.05) is 30.6 Å². The van der Waals surface area contributed by atoms with Gasteiger partial charge in [-0.05, 0) is 53.3 Å². The molecule has 9 nitrogen and oxygen atoms in total. The molecule has 0 saturated carbocycles. The quantitative estimate of drug-likeness (QED) is 0.437. The number of fused-ring (bicyclic) bond motifs is 2. The van der Waals surface area contributed by atoms with E-state index in [0.717, 1.165) is 23.1 Å². The van der Waals surface area contributed by atoms with E-state index in [2.05, 4.69) is 9.97 Å². The van der Waals surface area contributed by atoms with Gasteiger partial charge in [0.15, 0.2) is 0 Å². The average Bonchev–Trinajstić information content (AvgIpc) is 3.59. The van der Waals surface area contributed by atoms with Gasteiger partial charge in [-0.15, -0.1) is 0 Å². The first-order chi connectivity index (χ1) is 18.4. The number of carbonyl (C=O) groups excluding carboxylic acids is 3. The van der Waals surface area contributed by atoms with Crippen LogP contribution in [0.3, 0.4) is 0 Å². The lowest BCUT2D eigenvalue weighted by molar-refractivity contribution is -0.121. The van der Waals surface area contributed by atoms with Crippen molar-refractivity contribution in [1.82, 2.24) is 19.8 Å². The average molecular weight is 507 g/mol. The second-order valence-electron chi connectivity index (χ2n) is 9.70. The highest BCUT2D eigenvalue weighted by Crippen LogP contribution is 2.32. The maximum Gasteiger partial charge on any atom is 0.273 e. The Morgan fingerprint density at radius 3 is 2.32 bits per heavy atom. The van der Waals surface area contributed by atoms with Gasteiger partial charge < -0.3 is 21.3 Å². The SMILES string of the molecule is NC(=O)C1CCCN1C(=O)c1ccccc1-c1ccc2nc(N)nc(C(=O)N3Cc4ccccc4C3)c2c1. The molecule has 1 aromatic heterocycles. The largest absolute Gasteiger partial charge is 0.368 e. The zero-order valence-corrected chi connectivity index (χ0v) is 20.6. The third kappa shape index (κ3) is 4.02. The Morgan fingerprint density at radius 2 is 1.58 bits per heavy atom. The number of likely N-dealkylation sites (tertiary alicyclic amines) is 1. The second-order valence-corrected chi connectivity index (χ2v) is 9.70. The minimum atomic E-state index is -0.614. The fourth-order valence-electron chi connectivity index (χ4n) is 5.49. The molecule has 0 aliphatic carbocycles. The molecule has 3 amide bonds. The molecule has 38 heavy (non-hydrogen) atoms. The lowest BCUT2D eigenvalue weighted by atomic mass is 9.96. The van der Waals surface area contributed by atoms with Crippen LogP contribution in [0.15, 0.2) is 66.7 Å². The smallest absolute Gasteiger partial charge is 0.273 e. The van der Waals surface area contributed by atoms with Crippen molar-refractivity contribution in [2.75, 3.05) is 12.3 Å². The number of hydrogen-bond acceptors (Lipinski definition) is 6. The number of benzene rings is 3. The maximum absolute atomic E-state index is 13.7. The van der Waals surface area contributed by atoms with Gasteiger partial charge in [0.1, 0.15) is 11.7 Å². The normalized spacial score (nSPS) is 16.6. The van der Waals surface area contributed by atoms with Crippen LogP contribution in [0.4, 0.5) is 5.95 Å². The zero-order valence-electron chi connectivity index (χ0n) is 20.6. The number of rotatable bonds is 4. The molecule has 0 radical (unpaired) electrons. The molecule has 190 valence electrons. The molecule has 2 aliphatic heterocycles. The van der Waals surface area contributed by atoms with Crippen molar-refractivity contribution in [2.45, 2.75) is 32.0 Å². The first kappa shape index (κ1) is 23.6. The van der Waals surface area contributed by atoms with Crippen LogP contribution in [-0.2, 0) is 17.9 Å². The Kier molecular flexibility index (Phi) is 5.75. The van der Waals surface area contributed by atoms with Gasteiger partial charge >= 0.3 is 0 Å². The van der Waals surface area contributed by atoms with Crippen molar-refractivity contribution < 1.29 is 14.4 Å². The molecule has 1 unspecified atom stereocenters. The number of amides is 3. The summed E-state index contributed by atoms with van der Waals surface area (Å²) < 4.78 is 0. The van der Waals surface area contributed by atoms with Crippen LogP contribution < -0.4 is 11.5 Å². The Bertz CT molecular complexity index is 1590. The molecule has 6 rings (SSSR count). The standard InChI is InChI=1S/C29H26N6O3/c30-26(36)24-10-5-13-35(24)27(37)21-9-4-3-8-20(21)17-11-12-23-22(14-17)25(33-29(31)32-23)28(38)34-15-18-6-1-2-7-19(18)16-34/h1-4,6-9,11-12,14,24H,5,10,13,15-16H2,(H2,30,36)(H2,31,32,33). The summed E-state index contributed by atoms with van der Waals surface area (Å²) in [6.45, 7) is 1.46. The fraction of sp³-hybridized carbons (Fsp3) is 0.207. The van der Waals surface area contributed by atoms with Crippen LogP contribution in [0.1, 0.15) is 44.8 Å². The van der Waals surface area contributed by atoms with Gasteiger partial charge in [-0.25, -0.2) is 9.97 Å². The molecule has 3 aromatic carbocycles. The van der Waals surface area contributed by atoms with E-state index in [1.54, 1.807) is 28.0 Å². The predicted octanol–water partition coefficient (Wildman–Crippen LogP) is 3.12. The highest BCUT2D eigenvalue weighted by Gasteiger charge is 2.34. The van der Waals surface area contributed by atoms with Gasteiger partial charge in [0.25, 0.3) is 11.8 Å². The summed E-state index contributed by atoms with van der Waals surface area (Å²) in [6.07, 6.45) is 1.28. The van der Waals surface area contributed by atoms with Gasteiger partial charge in [-0.1, -0.05) is 48.5 Å². The van der Waals surface area contributed by atoms with E-state index in [1.807, 2.05) is 48.5 Å². The summed E-state index contributed by atoms with van der Waals surface area (Å²) in [5, 5.41) is 0.552. The van der Waals surface area contributed by atoms with Gasteiger partial charge in [0.2, 0.25) is 11.9 Å². The molecule has 3 heterocycles. The van der Waals surface area contributed by atoms with Crippen molar-refractivity contribution >= 4 is 34.6 Å². The van der Waals surface area contributed by atoms with E-state index >= 15 is 0 Å². The van der Waals surface area contributed by atoms with E-state index < -0.39 is 11.9 Å². The first-order valence-corrected chi connectivity index (χ1v) is 12.5. The topological polar surface area (TPSA) is 136 Å². The van der Waals surface area contributed by atoms with E-state index in [1.165, 1.54) is 0 Å². The number of nitrogen functional groups attached to an aromatic ring is 1. The monoisotopic (exact) mass is 506 g/mol. The summed E-state index contributed by atoms with van der Waals surface area (Å²) in [6, 6.07) is 20.0. The zero-order chi connectivity index (χ0) is 26.4. The summed E-state index contributed by atoms with van der Waals surface area (Å²) >= 11 is 0. The van der Waals surface area contributed by atoms with Crippen LogP contribution in [0.25, 0.3) is 22.0 Å². The van der Waals surface area contributed by atoms with Gasteiger partial charge in [0.05, 0.1) is 5.52 Å². The molecule has 2 aliphatic rings. The van der Waals surface area contributed by atoms with Crippen molar-refractivity contribution in [3.8, 4) is 11.1 Å². The predicted molar refractivity (Wildman–Crippen MR) is 143 cm³/mol. The van der Waals surface area contributed by atoms with Crippen molar-refractivity contribution in [2.24, 2.45) is 5.73 Å². The second kappa shape index (κ2) is 9.26. The molecule has 0 bridgehead atoms. The summed E-state index contributed by atoms with van der Waals surface area (Å²) in [5.41, 5.74) is 16.4. The Labute approximate surface area is 219 Å². The summed E-state index contributed by atoms with van der Waals surface area (Å²) in [5.74, 6) is -0.960. The van der Waals surface area contributed by atoms with E-state index in [-0.39, 0.29) is 23.5 Å². The highest BCUT2D eigenvalue weighted by atomic mass is 16.2. The number of carbonyl (C=O) groups is 3. The van der Waals surface area contributed by atoms with E-state index in [9.17, 15) is 14.4 Å². The Morgan fingerprint density at radius 1 is 0.868 bits per heavy atom. The molecule has 1 saturated heterocycles. The molecule has 0 spiro atoms. The van der Waals surface area contributed by atoms with Crippen LogP contribution >= 0.6 is 0 Å². The molecular formula is C29H26N6O3. The fourth-order valence-corrected chi connectivity index (χ4v) is 5.49. The molecule has 9 heteroatoms. The van der Waals surface area contributed by atoms with Crippen LogP contribution in [0.2, 0.25) is 0 Å². The maximum atomic E-state index is 13.7. The molecule has 4 aromatic rings. The minimum absolute atomic E-state index is 0.0208. The Hall–Kier alpha value is -4.79. The molecule has 4 N–H and O–H groups in total. The van der Waals surface area contributed by atoms with Crippen LogP contribution in [0.5, 0.6) is 0 Å². The Balaban J connectivity index is 1.40. The first-order valence-electron chi connectivity index (χ1n) is 12.5. The summed E-state index contributed by atoms with van der Waals surface area (Å²) in [4.78, 5) is 51.1. The van der Waals surface area contributed by atoms with Crippen molar-refractivity contribution in [1.29, 1.82) is 0 Å². The van der Waals surface area contributed by atoms with Gasteiger partial charge in [-0.3, -0.25) is 14.4 Å².